The highest BCUT2D eigenvalue weighted by molar-refractivity contribution is 5.72. The normalized spacial score (nSPS) is 11.1. The van der Waals surface area contributed by atoms with Crippen LogP contribution in [0.4, 0.5) is 0 Å². The van der Waals surface area contributed by atoms with Crippen molar-refractivity contribution >= 4 is 24.3 Å². The third-order valence-electron chi connectivity index (χ3n) is 8.03. The number of aromatic nitrogens is 10. The van der Waals surface area contributed by atoms with Crippen molar-refractivity contribution in [1.29, 1.82) is 0 Å². The van der Waals surface area contributed by atoms with Crippen molar-refractivity contribution in [2.45, 2.75) is 13.1 Å². The van der Waals surface area contributed by atoms with Crippen LogP contribution in [-0.2, 0) is 13.1 Å². The van der Waals surface area contributed by atoms with E-state index in [9.17, 15) is 0 Å². The van der Waals surface area contributed by atoms with Crippen LogP contribution in [0.1, 0.15) is 33.4 Å². The van der Waals surface area contributed by atoms with Crippen LogP contribution in [0.5, 0.6) is 0 Å². The predicted octanol–water partition coefficient (Wildman–Crippen LogP) is 7.91. The van der Waals surface area contributed by atoms with Crippen LogP contribution in [0, 0.1) is 0 Å². The van der Waals surface area contributed by atoms with E-state index >= 15 is 0 Å². The van der Waals surface area contributed by atoms with Gasteiger partial charge in [-0.25, -0.2) is 9.36 Å². The van der Waals surface area contributed by atoms with Gasteiger partial charge >= 0.3 is 0 Å². The fourth-order valence-corrected chi connectivity index (χ4v) is 5.23. The third-order valence-corrected chi connectivity index (χ3v) is 8.03. The van der Waals surface area contributed by atoms with Crippen LogP contribution >= 0.6 is 0 Å². The van der Waals surface area contributed by atoms with Crippen LogP contribution in [-0.4, -0.2) is 49.9 Å². The predicted molar refractivity (Wildman–Crippen MR) is 204 cm³/mol. The maximum absolute atomic E-state index is 4.28. The minimum absolute atomic E-state index is 0.683. The molecule has 0 fully saturated rings. The summed E-state index contributed by atoms with van der Waals surface area (Å²) in [6.07, 6.45) is 26.5. The van der Waals surface area contributed by atoms with Gasteiger partial charge in [-0.1, -0.05) is 83.3 Å². The molecule has 10 nitrogen and oxygen atoms in total. The van der Waals surface area contributed by atoms with Crippen molar-refractivity contribution in [2.24, 2.45) is 0 Å². The monoisotopic (exact) mass is 678 g/mol. The Morgan fingerprint density at radius 1 is 0.365 bits per heavy atom. The van der Waals surface area contributed by atoms with Gasteiger partial charge in [-0.2, -0.15) is 0 Å². The summed E-state index contributed by atoms with van der Waals surface area (Å²) in [6.45, 7) is 1.37. The summed E-state index contributed by atoms with van der Waals surface area (Å²) < 4.78 is 3.67. The van der Waals surface area contributed by atoms with E-state index in [0.717, 1.165) is 55.9 Å². The molecule has 0 saturated carbocycles. The van der Waals surface area contributed by atoms with E-state index in [1.165, 1.54) is 0 Å². The zero-order chi connectivity index (χ0) is 35.2. The van der Waals surface area contributed by atoms with Crippen molar-refractivity contribution in [1.82, 2.24) is 49.9 Å². The van der Waals surface area contributed by atoms with Gasteiger partial charge in [0, 0.05) is 60.7 Å². The Morgan fingerprint density at radius 3 is 1.02 bits per heavy atom. The first-order chi connectivity index (χ1) is 25.7. The lowest BCUT2D eigenvalue weighted by atomic mass is 10.1. The summed E-state index contributed by atoms with van der Waals surface area (Å²) in [4.78, 5) is 16.1. The molecule has 0 radical (unpaired) electrons. The molecule has 0 atom stereocenters. The molecule has 52 heavy (non-hydrogen) atoms. The third kappa shape index (κ3) is 9.48. The minimum atomic E-state index is 0.683. The summed E-state index contributed by atoms with van der Waals surface area (Å²) >= 11 is 0. The molecule has 0 unspecified atom stereocenters. The number of benzene rings is 2. The first kappa shape index (κ1) is 33.3. The van der Waals surface area contributed by atoms with Crippen molar-refractivity contribution < 1.29 is 0 Å². The van der Waals surface area contributed by atoms with Gasteiger partial charge in [-0.3, -0.25) is 19.9 Å². The number of pyridine rings is 4. The average molecular weight is 679 g/mol. The molecular weight excluding hydrogens is 645 g/mol. The summed E-state index contributed by atoms with van der Waals surface area (Å²) in [6, 6.07) is 32.4. The van der Waals surface area contributed by atoms with Gasteiger partial charge in [-0.05, 0) is 81.9 Å². The second-order valence-corrected chi connectivity index (χ2v) is 11.8. The van der Waals surface area contributed by atoms with Gasteiger partial charge in [0.15, 0.2) is 0 Å². The average Bonchev–Trinajstić information content (AvgIpc) is 3.89. The van der Waals surface area contributed by atoms with E-state index in [2.05, 4.69) is 113 Å². The van der Waals surface area contributed by atoms with Gasteiger partial charge in [0.1, 0.15) is 11.4 Å². The molecule has 0 aliphatic heterocycles. The van der Waals surface area contributed by atoms with E-state index < -0.39 is 0 Å². The largest absolute Gasteiger partial charge is 0.265 e. The van der Waals surface area contributed by atoms with Crippen LogP contribution in [0.2, 0.25) is 0 Å². The summed E-state index contributed by atoms with van der Waals surface area (Å²) in [7, 11) is 0. The second-order valence-electron chi connectivity index (χ2n) is 11.8. The zero-order valence-corrected chi connectivity index (χ0v) is 28.2. The van der Waals surface area contributed by atoms with Gasteiger partial charge < -0.3 is 0 Å². The van der Waals surface area contributed by atoms with Gasteiger partial charge in [0.25, 0.3) is 0 Å². The van der Waals surface area contributed by atoms with Crippen molar-refractivity contribution in [3.8, 4) is 22.5 Å². The molecule has 8 rings (SSSR count). The first-order valence-electron chi connectivity index (χ1n) is 16.7. The highest BCUT2D eigenvalue weighted by Gasteiger charge is 2.06. The summed E-state index contributed by atoms with van der Waals surface area (Å²) in [5.74, 6) is 0. The fourth-order valence-electron chi connectivity index (χ4n) is 5.23. The van der Waals surface area contributed by atoms with E-state index in [1.807, 2.05) is 70.3 Å². The molecule has 0 N–H and O–H groups in total. The Labute approximate surface area is 301 Å². The molecule has 8 aromatic rings. The number of hydrogen-bond donors (Lipinski definition) is 0. The van der Waals surface area contributed by atoms with Gasteiger partial charge in [-0.15, -0.1) is 10.2 Å². The Kier molecular flexibility index (Phi) is 10.9. The van der Waals surface area contributed by atoms with Crippen molar-refractivity contribution in [3.63, 3.8) is 0 Å². The highest BCUT2D eigenvalue weighted by atomic mass is 15.4. The molecule has 0 bridgehead atoms. The van der Waals surface area contributed by atoms with E-state index in [0.29, 0.717) is 13.1 Å². The topological polar surface area (TPSA) is 113 Å². The van der Waals surface area contributed by atoms with Gasteiger partial charge in [0.2, 0.25) is 0 Å². The Balaban J connectivity index is 0.000000162. The molecule has 0 aliphatic rings. The molecule has 10 heteroatoms. The van der Waals surface area contributed by atoms with E-state index in [4.69, 9.17) is 0 Å². The van der Waals surface area contributed by atoms with Crippen LogP contribution in [0.25, 0.3) is 46.8 Å². The standard InChI is InChI=1S/2C21H17N5/c2*1(2-18-7-11-22-12-8-18)17-3-5-20(6-4-17)21-16-26(25-24-21)15-19-9-13-23-14-10-19/h2*1-14,16H,15H2/b2*2-1+. The van der Waals surface area contributed by atoms with Crippen LogP contribution in [0.15, 0.2) is 159 Å². The van der Waals surface area contributed by atoms with E-state index in [-0.39, 0.29) is 0 Å². The summed E-state index contributed by atoms with van der Waals surface area (Å²) in [5.41, 5.74) is 10.6. The molecule has 0 aliphatic carbocycles. The molecule has 252 valence electrons. The molecular formula is C42H34N10. The molecule has 0 amide bonds. The minimum Gasteiger partial charge on any atom is -0.265 e. The molecule has 0 spiro atoms. The lowest BCUT2D eigenvalue weighted by molar-refractivity contribution is 0.649. The zero-order valence-electron chi connectivity index (χ0n) is 28.2. The second kappa shape index (κ2) is 17.0. The molecule has 0 saturated heterocycles. The Hall–Kier alpha value is -7.20. The molecule has 2 aromatic carbocycles. The highest BCUT2D eigenvalue weighted by Crippen LogP contribution is 2.20. The lowest BCUT2D eigenvalue weighted by Gasteiger charge is -1.99. The Bertz CT molecular complexity index is 2150. The van der Waals surface area contributed by atoms with Crippen LogP contribution < -0.4 is 0 Å². The van der Waals surface area contributed by atoms with Gasteiger partial charge in [0.05, 0.1) is 25.5 Å². The van der Waals surface area contributed by atoms with Crippen molar-refractivity contribution in [3.05, 3.63) is 192 Å². The maximum Gasteiger partial charge on any atom is 0.113 e. The van der Waals surface area contributed by atoms with E-state index in [1.54, 1.807) is 49.6 Å². The fraction of sp³-hybridized carbons (Fsp3) is 0.0476. The molecule has 6 heterocycles. The quantitative estimate of drug-likeness (QED) is 0.143. The maximum atomic E-state index is 4.28. The first-order valence-corrected chi connectivity index (χ1v) is 16.7. The smallest absolute Gasteiger partial charge is 0.113 e. The summed E-state index contributed by atoms with van der Waals surface area (Å²) in [5, 5.41) is 17.0. The van der Waals surface area contributed by atoms with Crippen LogP contribution in [0.3, 0.4) is 0 Å². The number of nitrogens with zero attached hydrogens (tertiary/aromatic N) is 10. The Morgan fingerprint density at radius 2 is 0.673 bits per heavy atom. The molecule has 6 aromatic heterocycles. The number of hydrogen-bond acceptors (Lipinski definition) is 8. The number of rotatable bonds is 10. The van der Waals surface area contributed by atoms with Crippen molar-refractivity contribution in [2.75, 3.05) is 0 Å². The lowest BCUT2D eigenvalue weighted by Crippen LogP contribution is -2.00. The SMILES string of the molecule is C(=C\c1ccc(-c2cn(Cc3ccncc3)nn2)cc1)/c1ccncc1.C(=C\c1ccc(-c2cn(Cc3ccncc3)nn2)cc1)/c1ccncc1.